The summed E-state index contributed by atoms with van der Waals surface area (Å²) in [6, 6.07) is 15.9. The lowest BCUT2D eigenvalue weighted by Crippen LogP contribution is -2.52. The van der Waals surface area contributed by atoms with E-state index in [1.54, 1.807) is 30.3 Å². The van der Waals surface area contributed by atoms with Gasteiger partial charge in [-0.2, -0.15) is 0 Å². The zero-order valence-corrected chi connectivity index (χ0v) is 19.3. The molecule has 0 aromatic heterocycles. The summed E-state index contributed by atoms with van der Waals surface area (Å²) in [6.07, 6.45) is -0.485. The topological polar surface area (TPSA) is 134 Å². The highest BCUT2D eigenvalue weighted by Crippen LogP contribution is 2.15. The van der Waals surface area contributed by atoms with Gasteiger partial charge >= 0.3 is 5.97 Å². The molecule has 3 amide bonds. The number of carbonyl (C=O) groups excluding carboxylic acids is 4. The molecule has 0 radical (unpaired) electrons. The Labute approximate surface area is 199 Å². The van der Waals surface area contributed by atoms with Gasteiger partial charge in [-0.05, 0) is 17.5 Å². The van der Waals surface area contributed by atoms with Crippen molar-refractivity contribution in [3.05, 3.63) is 71.8 Å². The molecule has 0 fully saturated rings. The van der Waals surface area contributed by atoms with Crippen LogP contribution in [0.15, 0.2) is 60.7 Å². The first kappa shape index (κ1) is 26.6. The zero-order valence-electron chi connectivity index (χ0n) is 19.3. The van der Waals surface area contributed by atoms with Crippen LogP contribution < -0.4 is 16.0 Å². The second-order valence-corrected chi connectivity index (χ2v) is 7.76. The maximum Gasteiger partial charge on any atom is 0.333 e. The smallest absolute Gasteiger partial charge is 0.333 e. The summed E-state index contributed by atoms with van der Waals surface area (Å²) >= 11 is 0. The quantitative estimate of drug-likeness (QED) is 0.267. The molecule has 0 aliphatic carbocycles. The van der Waals surface area contributed by atoms with E-state index < -0.39 is 42.5 Å². The Balaban J connectivity index is 1.98. The van der Waals surface area contributed by atoms with Gasteiger partial charge in [-0.3, -0.25) is 14.4 Å². The number of carbonyl (C=O) groups is 4. The Morgan fingerprint density at radius 1 is 0.971 bits per heavy atom. The van der Waals surface area contributed by atoms with Crippen molar-refractivity contribution in [3.8, 4) is 0 Å². The lowest BCUT2D eigenvalue weighted by Gasteiger charge is -2.23. The Hall–Kier alpha value is -3.66. The monoisotopic (exact) mass is 467 g/mol. The second-order valence-electron chi connectivity index (χ2n) is 7.76. The third-order valence-electron chi connectivity index (χ3n) is 4.96. The third kappa shape index (κ3) is 8.70. The standard InChI is InChI=1S/C24H30BN3O6/c1-2-9-18(27-24(25)33)21(30)22(31)26-14-19(29)28-20(17-12-7-4-8-13-17)23(32)34-15-16-10-5-3-6-11-16/h3-8,10-13,18,20-21,30H,2,9,14-15,25H2,1H3,(H,26,31)(H,27,33)(H,28,29)/t18?,20-,21?/m0/s1. The Bertz CT molecular complexity index is 958. The van der Waals surface area contributed by atoms with Crippen LogP contribution in [-0.4, -0.2) is 55.2 Å². The van der Waals surface area contributed by atoms with Crippen LogP contribution in [0.1, 0.15) is 36.9 Å². The van der Waals surface area contributed by atoms with Crippen LogP contribution in [0.3, 0.4) is 0 Å². The fourth-order valence-corrected chi connectivity index (χ4v) is 3.28. The van der Waals surface area contributed by atoms with Gasteiger partial charge in [0.05, 0.1) is 12.6 Å². The number of amides is 3. The number of esters is 1. The summed E-state index contributed by atoms with van der Waals surface area (Å²) in [5.74, 6) is -2.46. The molecule has 2 aromatic rings. The molecule has 0 saturated carbocycles. The molecule has 0 heterocycles. The maximum atomic E-state index is 12.8. The van der Waals surface area contributed by atoms with E-state index in [1.165, 1.54) is 7.85 Å². The largest absolute Gasteiger partial charge is 0.459 e. The molecule has 4 N–H and O–H groups in total. The molecule has 0 aliphatic heterocycles. The van der Waals surface area contributed by atoms with Gasteiger partial charge in [0.2, 0.25) is 13.8 Å². The number of hydrogen-bond acceptors (Lipinski definition) is 6. The van der Waals surface area contributed by atoms with E-state index in [-0.39, 0.29) is 12.4 Å². The highest BCUT2D eigenvalue weighted by molar-refractivity contribution is 6.57. The Kier molecular flexibility index (Phi) is 10.8. The zero-order chi connectivity index (χ0) is 24.9. The number of hydrogen-bond donors (Lipinski definition) is 4. The number of nitrogens with one attached hydrogen (secondary N) is 3. The highest BCUT2D eigenvalue weighted by atomic mass is 16.5. The molecular formula is C24H30BN3O6. The van der Waals surface area contributed by atoms with Crippen molar-refractivity contribution in [2.45, 2.75) is 44.6 Å². The van der Waals surface area contributed by atoms with Crippen LogP contribution in [0.5, 0.6) is 0 Å². The van der Waals surface area contributed by atoms with Crippen LogP contribution in [0.25, 0.3) is 0 Å². The molecule has 34 heavy (non-hydrogen) atoms. The van der Waals surface area contributed by atoms with E-state index in [1.807, 2.05) is 37.3 Å². The number of aliphatic hydroxyl groups is 1. The summed E-state index contributed by atoms with van der Waals surface area (Å²) in [5.41, 5.74) is 1.32. The van der Waals surface area contributed by atoms with Gasteiger partial charge in [-0.25, -0.2) is 4.79 Å². The molecule has 9 nitrogen and oxygen atoms in total. The van der Waals surface area contributed by atoms with Crippen molar-refractivity contribution >= 4 is 31.4 Å². The van der Waals surface area contributed by atoms with Crippen molar-refractivity contribution in [1.29, 1.82) is 0 Å². The van der Waals surface area contributed by atoms with Crippen molar-refractivity contribution in [1.82, 2.24) is 16.0 Å². The summed E-state index contributed by atoms with van der Waals surface area (Å²) < 4.78 is 5.38. The fraction of sp³-hybridized carbons (Fsp3) is 0.333. The van der Waals surface area contributed by atoms with Gasteiger partial charge in [0.1, 0.15) is 6.61 Å². The van der Waals surface area contributed by atoms with E-state index in [0.717, 1.165) is 5.56 Å². The maximum absolute atomic E-state index is 12.8. The molecular weight excluding hydrogens is 437 g/mol. The fourth-order valence-electron chi connectivity index (χ4n) is 3.28. The number of rotatable bonds is 12. The summed E-state index contributed by atoms with van der Waals surface area (Å²) in [7, 11) is 1.29. The number of aliphatic hydroxyl groups excluding tert-OH is 1. The average Bonchev–Trinajstić information content (AvgIpc) is 2.84. The first-order chi connectivity index (χ1) is 16.3. The molecule has 180 valence electrons. The van der Waals surface area contributed by atoms with Gasteiger partial charge in [-0.15, -0.1) is 0 Å². The second kappa shape index (κ2) is 13.8. The molecule has 0 spiro atoms. The van der Waals surface area contributed by atoms with Gasteiger partial charge in [0.15, 0.2) is 18.0 Å². The predicted octanol–water partition coefficient (Wildman–Crippen LogP) is 0.576. The van der Waals surface area contributed by atoms with Gasteiger partial charge in [0, 0.05) is 0 Å². The minimum Gasteiger partial charge on any atom is -0.459 e. The van der Waals surface area contributed by atoms with Crippen molar-refractivity contribution < 1.29 is 29.0 Å². The van der Waals surface area contributed by atoms with Gasteiger partial charge in [-0.1, -0.05) is 74.0 Å². The number of ether oxygens (including phenoxy) is 1. The van der Waals surface area contributed by atoms with Crippen LogP contribution in [0.4, 0.5) is 4.79 Å². The van der Waals surface area contributed by atoms with Crippen LogP contribution >= 0.6 is 0 Å². The van der Waals surface area contributed by atoms with E-state index in [2.05, 4.69) is 16.0 Å². The lowest BCUT2D eigenvalue weighted by atomic mass is 10.0. The third-order valence-corrected chi connectivity index (χ3v) is 4.96. The van der Waals surface area contributed by atoms with E-state index in [9.17, 15) is 24.3 Å². The van der Waals surface area contributed by atoms with Crippen LogP contribution in [0, 0.1) is 0 Å². The summed E-state index contributed by atoms with van der Waals surface area (Å²) in [6.45, 7) is 1.43. The summed E-state index contributed by atoms with van der Waals surface area (Å²) in [5, 5.41) is 17.7. The molecule has 3 atom stereocenters. The average molecular weight is 467 g/mol. The minimum atomic E-state index is -1.52. The van der Waals surface area contributed by atoms with Crippen LogP contribution in [0.2, 0.25) is 0 Å². The van der Waals surface area contributed by atoms with Crippen molar-refractivity contribution in [2.75, 3.05) is 6.54 Å². The number of benzene rings is 2. The highest BCUT2D eigenvalue weighted by Gasteiger charge is 2.28. The molecule has 0 aliphatic rings. The summed E-state index contributed by atoms with van der Waals surface area (Å²) in [4.78, 5) is 48.9. The van der Waals surface area contributed by atoms with Gasteiger partial charge < -0.3 is 25.8 Å². The molecule has 10 heteroatoms. The predicted molar refractivity (Wildman–Crippen MR) is 128 cm³/mol. The SMILES string of the molecule is BC(=O)NC(CCC)C(O)C(=O)NCC(=O)N[C@H](C(=O)OCc1ccccc1)c1ccccc1. The first-order valence-corrected chi connectivity index (χ1v) is 11.1. The minimum absolute atomic E-state index is 0.0454. The van der Waals surface area contributed by atoms with Gasteiger partial charge in [0.25, 0.3) is 5.91 Å². The van der Waals surface area contributed by atoms with E-state index in [4.69, 9.17) is 4.74 Å². The Morgan fingerprint density at radius 3 is 2.18 bits per heavy atom. The van der Waals surface area contributed by atoms with E-state index in [0.29, 0.717) is 18.4 Å². The normalized spacial score (nSPS) is 13.1. The van der Waals surface area contributed by atoms with Crippen LogP contribution in [-0.2, 0) is 25.7 Å². The first-order valence-electron chi connectivity index (χ1n) is 11.1. The van der Waals surface area contributed by atoms with E-state index >= 15 is 0 Å². The molecule has 2 aromatic carbocycles. The Morgan fingerprint density at radius 2 is 1.59 bits per heavy atom. The molecule has 2 unspecified atom stereocenters. The lowest BCUT2D eigenvalue weighted by molar-refractivity contribution is -0.149. The van der Waals surface area contributed by atoms with Crippen molar-refractivity contribution in [3.63, 3.8) is 0 Å². The molecule has 2 rings (SSSR count). The molecule has 0 saturated heterocycles. The van der Waals surface area contributed by atoms with Crippen molar-refractivity contribution in [2.24, 2.45) is 0 Å². The molecule has 0 bridgehead atoms.